The van der Waals surface area contributed by atoms with Gasteiger partial charge in [-0.3, -0.25) is 0 Å². The molecule has 0 aliphatic carbocycles. The average molecular weight is 381 g/mol. The number of aromatic nitrogens is 1. The van der Waals surface area contributed by atoms with Crippen LogP contribution in [-0.2, 0) is 16.4 Å². The van der Waals surface area contributed by atoms with E-state index in [4.69, 9.17) is 9.68 Å². The largest absolute Gasteiger partial charge is 0.441 e. The summed E-state index contributed by atoms with van der Waals surface area (Å²) in [7, 11) is -3.77. The van der Waals surface area contributed by atoms with Gasteiger partial charge in [0.25, 0.3) is 0 Å². The molecule has 0 radical (unpaired) electrons. The Kier molecular flexibility index (Phi) is 5.40. The summed E-state index contributed by atoms with van der Waals surface area (Å²) in [5.74, 6) is 1.17. The lowest BCUT2D eigenvalue weighted by Gasteiger charge is -2.07. The summed E-state index contributed by atoms with van der Waals surface area (Å²) in [4.78, 5) is 4.46. The van der Waals surface area contributed by atoms with Crippen molar-refractivity contribution < 1.29 is 12.8 Å². The molecule has 0 spiro atoms. The van der Waals surface area contributed by atoms with Gasteiger partial charge >= 0.3 is 0 Å². The minimum atomic E-state index is -3.77. The summed E-state index contributed by atoms with van der Waals surface area (Å²) in [5, 5.41) is 9.09. The normalized spacial score (nSPS) is 11.3. The van der Waals surface area contributed by atoms with Crippen LogP contribution in [0.1, 0.15) is 22.6 Å². The fourth-order valence-electron chi connectivity index (χ4n) is 2.65. The van der Waals surface area contributed by atoms with Crippen molar-refractivity contribution in [2.24, 2.45) is 0 Å². The molecule has 0 aliphatic rings. The van der Waals surface area contributed by atoms with Gasteiger partial charge in [0.05, 0.1) is 16.2 Å². The van der Waals surface area contributed by atoms with Gasteiger partial charge in [0.15, 0.2) is 0 Å². The Morgan fingerprint density at radius 1 is 1.11 bits per heavy atom. The second kappa shape index (κ2) is 7.74. The predicted molar refractivity (Wildman–Crippen MR) is 101 cm³/mol. The first-order valence-electron chi connectivity index (χ1n) is 8.43. The molecule has 0 atom stereocenters. The number of nitrogens with zero attached hydrogens (tertiary/aromatic N) is 2. The summed E-state index contributed by atoms with van der Waals surface area (Å²) >= 11 is 0. The molecule has 27 heavy (non-hydrogen) atoms. The third-order valence-electron chi connectivity index (χ3n) is 4.14. The van der Waals surface area contributed by atoms with Crippen molar-refractivity contribution in [3.05, 3.63) is 71.1 Å². The van der Waals surface area contributed by atoms with Gasteiger partial charge in [0.2, 0.25) is 15.9 Å². The highest BCUT2D eigenvalue weighted by Gasteiger charge is 2.18. The molecular weight excluding hydrogens is 362 g/mol. The zero-order valence-electron chi connectivity index (χ0n) is 15.1. The molecule has 1 aromatic heterocycles. The Balaban J connectivity index is 1.71. The number of oxazole rings is 1. The molecule has 1 heterocycles. The average Bonchev–Trinajstić information content (AvgIpc) is 3.03. The summed E-state index contributed by atoms with van der Waals surface area (Å²) in [6, 6.07) is 15.8. The second-order valence-electron chi connectivity index (χ2n) is 6.14. The van der Waals surface area contributed by atoms with Crippen LogP contribution in [0.5, 0.6) is 0 Å². The molecule has 0 bridgehead atoms. The van der Waals surface area contributed by atoms with Crippen LogP contribution < -0.4 is 4.72 Å². The lowest BCUT2D eigenvalue weighted by Crippen LogP contribution is -2.26. The van der Waals surface area contributed by atoms with E-state index in [2.05, 4.69) is 9.71 Å². The maximum absolute atomic E-state index is 12.4. The van der Waals surface area contributed by atoms with Gasteiger partial charge in [-0.1, -0.05) is 29.8 Å². The van der Waals surface area contributed by atoms with Crippen molar-refractivity contribution in [3.8, 4) is 17.5 Å². The first-order chi connectivity index (χ1) is 12.9. The van der Waals surface area contributed by atoms with Crippen LogP contribution in [0.15, 0.2) is 57.8 Å². The lowest BCUT2D eigenvalue weighted by atomic mass is 10.1. The molecule has 0 amide bonds. The molecule has 2 aromatic carbocycles. The van der Waals surface area contributed by atoms with E-state index >= 15 is 0 Å². The lowest BCUT2D eigenvalue weighted by molar-refractivity contribution is 0.538. The van der Waals surface area contributed by atoms with E-state index in [1.807, 2.05) is 37.3 Å². The fraction of sp³-hybridized carbons (Fsp3) is 0.200. The number of benzene rings is 2. The molecule has 0 saturated carbocycles. The van der Waals surface area contributed by atoms with Crippen LogP contribution in [-0.4, -0.2) is 19.9 Å². The highest BCUT2D eigenvalue weighted by Crippen LogP contribution is 2.22. The van der Waals surface area contributed by atoms with E-state index < -0.39 is 10.0 Å². The van der Waals surface area contributed by atoms with Crippen molar-refractivity contribution in [2.45, 2.75) is 25.2 Å². The Hall–Kier alpha value is -2.95. The molecule has 3 rings (SSSR count). The Bertz CT molecular complexity index is 1090. The van der Waals surface area contributed by atoms with Gasteiger partial charge in [0.1, 0.15) is 11.8 Å². The van der Waals surface area contributed by atoms with Crippen LogP contribution in [0, 0.1) is 25.2 Å². The maximum atomic E-state index is 12.4. The van der Waals surface area contributed by atoms with Crippen LogP contribution in [0.3, 0.4) is 0 Å². The van der Waals surface area contributed by atoms with Crippen LogP contribution in [0.25, 0.3) is 11.5 Å². The zero-order chi connectivity index (χ0) is 19.4. The minimum Gasteiger partial charge on any atom is -0.441 e. The van der Waals surface area contributed by atoms with E-state index in [0.29, 0.717) is 23.8 Å². The van der Waals surface area contributed by atoms with Crippen molar-refractivity contribution in [1.82, 2.24) is 9.71 Å². The number of hydrogen-bond acceptors (Lipinski definition) is 5. The Morgan fingerprint density at radius 3 is 2.52 bits per heavy atom. The zero-order valence-corrected chi connectivity index (χ0v) is 15.9. The molecule has 0 fully saturated rings. The van der Waals surface area contributed by atoms with Crippen LogP contribution in [0.4, 0.5) is 0 Å². The van der Waals surface area contributed by atoms with Crippen molar-refractivity contribution in [2.75, 3.05) is 6.54 Å². The number of sulfonamides is 1. The topological polar surface area (TPSA) is 96.0 Å². The quantitative estimate of drug-likeness (QED) is 0.706. The highest BCUT2D eigenvalue weighted by atomic mass is 32.2. The van der Waals surface area contributed by atoms with Gasteiger partial charge in [-0.15, -0.1) is 0 Å². The van der Waals surface area contributed by atoms with E-state index in [-0.39, 0.29) is 17.0 Å². The van der Waals surface area contributed by atoms with E-state index in [0.717, 1.165) is 11.1 Å². The van der Waals surface area contributed by atoms with Crippen molar-refractivity contribution >= 4 is 10.0 Å². The Morgan fingerprint density at radius 2 is 1.81 bits per heavy atom. The number of nitriles is 1. The summed E-state index contributed by atoms with van der Waals surface area (Å²) in [6.07, 6.45) is 0.384. The van der Waals surface area contributed by atoms with E-state index in [1.165, 1.54) is 12.1 Å². The van der Waals surface area contributed by atoms with Crippen molar-refractivity contribution in [1.29, 1.82) is 5.26 Å². The number of rotatable bonds is 6. The first-order valence-corrected chi connectivity index (χ1v) is 9.91. The minimum absolute atomic E-state index is 0.0234. The molecule has 7 heteroatoms. The summed E-state index contributed by atoms with van der Waals surface area (Å²) < 4.78 is 33.1. The van der Waals surface area contributed by atoms with Gasteiger partial charge < -0.3 is 4.42 Å². The highest BCUT2D eigenvalue weighted by molar-refractivity contribution is 7.89. The third kappa shape index (κ3) is 4.25. The predicted octanol–water partition coefficient (Wildman–Crippen LogP) is 3.35. The number of hydrogen-bond donors (Lipinski definition) is 1. The standard InChI is InChI=1S/C20H19N3O3S/c1-14-7-9-16(10-8-14)20-23-18(15(2)26-20)11-12-22-27(24,25)19-6-4-3-5-17(19)13-21/h3-10,22H,11-12H2,1-2H3. The van der Waals surface area contributed by atoms with Crippen LogP contribution >= 0.6 is 0 Å². The molecular formula is C20H19N3O3S. The molecule has 6 nitrogen and oxygen atoms in total. The molecule has 138 valence electrons. The fourth-order valence-corrected chi connectivity index (χ4v) is 3.84. The van der Waals surface area contributed by atoms with Gasteiger partial charge in [0, 0.05) is 18.5 Å². The van der Waals surface area contributed by atoms with Gasteiger partial charge in [-0.25, -0.2) is 18.1 Å². The summed E-state index contributed by atoms with van der Waals surface area (Å²) in [5.41, 5.74) is 2.83. The molecule has 3 aromatic rings. The van der Waals surface area contributed by atoms with Crippen LogP contribution in [0.2, 0.25) is 0 Å². The SMILES string of the molecule is Cc1ccc(-c2nc(CCNS(=O)(=O)c3ccccc3C#N)c(C)o2)cc1. The monoisotopic (exact) mass is 381 g/mol. The first kappa shape index (κ1) is 18.8. The van der Waals surface area contributed by atoms with E-state index in [1.54, 1.807) is 19.1 Å². The maximum Gasteiger partial charge on any atom is 0.241 e. The number of nitrogens with one attached hydrogen (secondary N) is 1. The molecule has 0 unspecified atom stereocenters. The molecule has 0 aliphatic heterocycles. The second-order valence-corrected chi connectivity index (χ2v) is 7.88. The van der Waals surface area contributed by atoms with Crippen molar-refractivity contribution in [3.63, 3.8) is 0 Å². The van der Waals surface area contributed by atoms with Gasteiger partial charge in [-0.2, -0.15) is 5.26 Å². The third-order valence-corrected chi connectivity index (χ3v) is 5.66. The number of aryl methyl sites for hydroxylation is 2. The van der Waals surface area contributed by atoms with Gasteiger partial charge in [-0.05, 0) is 38.1 Å². The smallest absolute Gasteiger partial charge is 0.241 e. The molecule has 1 N–H and O–H groups in total. The van der Waals surface area contributed by atoms with E-state index in [9.17, 15) is 8.42 Å². The summed E-state index contributed by atoms with van der Waals surface area (Å²) in [6.45, 7) is 3.97. The molecule has 0 saturated heterocycles. The Labute approximate surface area is 158 Å².